The van der Waals surface area contributed by atoms with Gasteiger partial charge in [0.2, 0.25) is 0 Å². The smallest absolute Gasteiger partial charge is 0.0386 e. The summed E-state index contributed by atoms with van der Waals surface area (Å²) in [4.78, 5) is 1.47. The Morgan fingerprint density at radius 3 is 2.83 bits per heavy atom. The van der Waals surface area contributed by atoms with Crippen LogP contribution < -0.4 is 5.32 Å². The molecule has 0 spiro atoms. The van der Waals surface area contributed by atoms with E-state index in [4.69, 9.17) is 0 Å². The number of hydrogen-bond acceptors (Lipinski definition) is 2. The van der Waals surface area contributed by atoms with Crippen molar-refractivity contribution in [2.45, 2.75) is 38.6 Å². The molecule has 0 bridgehead atoms. The van der Waals surface area contributed by atoms with Gasteiger partial charge in [0.1, 0.15) is 0 Å². The molecule has 1 fully saturated rings. The minimum atomic E-state index is 0.489. The molecule has 1 nitrogen and oxygen atoms in total. The highest BCUT2D eigenvalue weighted by Gasteiger charge is 2.16. The maximum absolute atomic E-state index is 3.71. The van der Waals surface area contributed by atoms with Gasteiger partial charge in [-0.05, 0) is 49.7 Å². The highest BCUT2D eigenvalue weighted by Crippen LogP contribution is 2.30. The van der Waals surface area contributed by atoms with Gasteiger partial charge in [-0.15, -0.1) is 11.3 Å². The van der Waals surface area contributed by atoms with Crippen LogP contribution in [0.15, 0.2) is 30.3 Å². The molecule has 1 unspecified atom stereocenters. The summed E-state index contributed by atoms with van der Waals surface area (Å²) >= 11 is 1.93. The van der Waals surface area contributed by atoms with E-state index in [0.29, 0.717) is 6.04 Å². The second-order valence-electron chi connectivity index (χ2n) is 5.47. The zero-order valence-electron chi connectivity index (χ0n) is 11.0. The summed E-state index contributed by atoms with van der Waals surface area (Å²) < 4.78 is 1.40. The lowest BCUT2D eigenvalue weighted by Crippen LogP contribution is -2.23. The lowest BCUT2D eigenvalue weighted by atomic mass is 10.1. The van der Waals surface area contributed by atoms with Crippen LogP contribution in [0.4, 0.5) is 0 Å². The van der Waals surface area contributed by atoms with Gasteiger partial charge in [-0.3, -0.25) is 0 Å². The number of nitrogens with one attached hydrogen (secondary N) is 1. The second kappa shape index (κ2) is 5.41. The van der Waals surface area contributed by atoms with E-state index in [1.165, 1.54) is 47.2 Å². The van der Waals surface area contributed by atoms with Gasteiger partial charge in [-0.25, -0.2) is 0 Å². The second-order valence-corrected chi connectivity index (χ2v) is 6.58. The van der Waals surface area contributed by atoms with Gasteiger partial charge >= 0.3 is 0 Å². The van der Waals surface area contributed by atoms with Crippen molar-refractivity contribution in [1.82, 2.24) is 5.32 Å². The van der Waals surface area contributed by atoms with Crippen molar-refractivity contribution in [3.63, 3.8) is 0 Å². The molecular weight excluding hydrogens is 238 g/mol. The molecule has 0 amide bonds. The van der Waals surface area contributed by atoms with E-state index in [-0.39, 0.29) is 0 Å². The zero-order chi connectivity index (χ0) is 12.4. The zero-order valence-corrected chi connectivity index (χ0v) is 11.8. The van der Waals surface area contributed by atoms with E-state index >= 15 is 0 Å². The Morgan fingerprint density at radius 1 is 1.28 bits per heavy atom. The fourth-order valence-corrected chi connectivity index (χ4v) is 3.97. The molecule has 1 atom stereocenters. The van der Waals surface area contributed by atoms with E-state index in [2.05, 4.69) is 42.6 Å². The fourth-order valence-electron chi connectivity index (χ4n) is 2.87. The molecule has 1 N–H and O–H groups in total. The normalized spacial score (nSPS) is 18.5. The first-order chi connectivity index (χ1) is 8.83. The van der Waals surface area contributed by atoms with Crippen LogP contribution in [-0.4, -0.2) is 6.54 Å². The van der Waals surface area contributed by atoms with Crippen LogP contribution in [0.2, 0.25) is 0 Å². The summed E-state index contributed by atoms with van der Waals surface area (Å²) in [7, 11) is 0. The number of fused-ring (bicyclic) bond motifs is 1. The van der Waals surface area contributed by atoms with E-state index < -0.39 is 0 Å². The van der Waals surface area contributed by atoms with Crippen LogP contribution in [0.5, 0.6) is 0 Å². The quantitative estimate of drug-likeness (QED) is 0.836. The molecular formula is C16H21NS. The first-order valence-corrected chi connectivity index (χ1v) is 7.86. The van der Waals surface area contributed by atoms with Crippen LogP contribution in [0, 0.1) is 5.92 Å². The lowest BCUT2D eigenvalue weighted by Gasteiger charge is -2.15. The molecule has 1 aliphatic rings. The van der Waals surface area contributed by atoms with Crippen LogP contribution in [-0.2, 0) is 0 Å². The Balaban J connectivity index is 1.65. The van der Waals surface area contributed by atoms with E-state index in [9.17, 15) is 0 Å². The largest absolute Gasteiger partial charge is 0.309 e. The minimum Gasteiger partial charge on any atom is -0.309 e. The van der Waals surface area contributed by atoms with Crippen molar-refractivity contribution < 1.29 is 0 Å². The highest BCUT2D eigenvalue weighted by molar-refractivity contribution is 7.19. The Kier molecular flexibility index (Phi) is 3.67. The van der Waals surface area contributed by atoms with Crippen LogP contribution in [0.1, 0.15) is 43.5 Å². The average molecular weight is 259 g/mol. The molecule has 1 heterocycles. The molecule has 96 valence electrons. The monoisotopic (exact) mass is 259 g/mol. The van der Waals surface area contributed by atoms with Gasteiger partial charge in [-0.2, -0.15) is 0 Å². The van der Waals surface area contributed by atoms with Crippen LogP contribution >= 0.6 is 11.3 Å². The Hall–Kier alpha value is -0.860. The van der Waals surface area contributed by atoms with Crippen molar-refractivity contribution >= 4 is 21.4 Å². The number of thiophene rings is 1. The lowest BCUT2D eigenvalue weighted by molar-refractivity contribution is 0.455. The van der Waals surface area contributed by atoms with Gasteiger partial charge < -0.3 is 5.32 Å². The summed E-state index contributed by atoms with van der Waals surface area (Å²) in [5, 5.41) is 5.09. The Morgan fingerprint density at radius 2 is 2.06 bits per heavy atom. The highest BCUT2D eigenvalue weighted by atomic mass is 32.1. The Bertz CT molecular complexity index is 478. The molecule has 2 heteroatoms. The molecule has 0 aliphatic heterocycles. The number of benzene rings is 1. The summed E-state index contributed by atoms with van der Waals surface area (Å²) in [5.41, 5.74) is 0. The molecule has 1 aromatic heterocycles. The average Bonchev–Trinajstić information content (AvgIpc) is 3.04. The molecule has 1 aliphatic carbocycles. The SMILES string of the molecule is CC(NCC1CCCC1)c1cc2ccccc2s1. The predicted octanol–water partition coefficient (Wildman–Crippen LogP) is 4.74. The summed E-state index contributed by atoms with van der Waals surface area (Å²) in [5.74, 6) is 0.918. The Labute approximate surface area is 113 Å². The number of hydrogen-bond donors (Lipinski definition) is 1. The molecule has 0 radical (unpaired) electrons. The molecule has 2 aromatic rings. The van der Waals surface area contributed by atoms with Crippen LogP contribution in [0.25, 0.3) is 10.1 Å². The molecule has 3 rings (SSSR count). The van der Waals surface area contributed by atoms with E-state index in [1.54, 1.807) is 0 Å². The predicted molar refractivity (Wildman–Crippen MR) is 80.2 cm³/mol. The molecule has 1 aromatic carbocycles. The maximum Gasteiger partial charge on any atom is 0.0386 e. The fraction of sp³-hybridized carbons (Fsp3) is 0.500. The third-order valence-corrected chi connectivity index (χ3v) is 5.36. The first-order valence-electron chi connectivity index (χ1n) is 7.05. The number of rotatable bonds is 4. The van der Waals surface area contributed by atoms with E-state index in [0.717, 1.165) is 5.92 Å². The summed E-state index contributed by atoms with van der Waals surface area (Å²) in [6.45, 7) is 3.48. The van der Waals surface area contributed by atoms with Gasteiger partial charge in [-0.1, -0.05) is 31.0 Å². The van der Waals surface area contributed by atoms with Crippen molar-refractivity contribution in [3.05, 3.63) is 35.2 Å². The van der Waals surface area contributed by atoms with Gasteiger partial charge in [0.05, 0.1) is 0 Å². The molecule has 18 heavy (non-hydrogen) atoms. The maximum atomic E-state index is 3.71. The van der Waals surface area contributed by atoms with E-state index in [1.807, 2.05) is 11.3 Å². The summed E-state index contributed by atoms with van der Waals surface area (Å²) in [6, 6.07) is 11.5. The topological polar surface area (TPSA) is 12.0 Å². The van der Waals surface area contributed by atoms with Crippen molar-refractivity contribution in [2.75, 3.05) is 6.54 Å². The molecule has 1 saturated carbocycles. The standard InChI is InChI=1S/C16H21NS/c1-12(17-11-13-6-2-3-7-13)16-10-14-8-4-5-9-15(14)18-16/h4-5,8-10,12-13,17H,2-3,6-7,11H2,1H3. The van der Waals surface area contributed by atoms with Crippen molar-refractivity contribution in [1.29, 1.82) is 0 Å². The first kappa shape index (κ1) is 12.2. The van der Waals surface area contributed by atoms with Crippen LogP contribution in [0.3, 0.4) is 0 Å². The van der Waals surface area contributed by atoms with Crippen molar-refractivity contribution in [2.24, 2.45) is 5.92 Å². The van der Waals surface area contributed by atoms with Gasteiger partial charge in [0.15, 0.2) is 0 Å². The minimum absolute atomic E-state index is 0.489. The molecule has 0 saturated heterocycles. The van der Waals surface area contributed by atoms with Gasteiger partial charge in [0, 0.05) is 15.6 Å². The van der Waals surface area contributed by atoms with Gasteiger partial charge in [0.25, 0.3) is 0 Å². The summed E-state index contributed by atoms with van der Waals surface area (Å²) in [6.07, 6.45) is 5.71. The third-order valence-electron chi connectivity index (χ3n) is 4.06. The van der Waals surface area contributed by atoms with Crippen molar-refractivity contribution in [3.8, 4) is 0 Å². The third kappa shape index (κ3) is 2.60.